The van der Waals surface area contributed by atoms with Crippen LogP contribution >= 0.6 is 0 Å². The molecular weight excluding hydrogens is 1080 g/mol. The van der Waals surface area contributed by atoms with Crippen molar-refractivity contribution in [1.82, 2.24) is 42.5 Å². The normalized spacial score (nSPS) is 14.8. The number of carboxylic acid groups (broad SMARTS) is 1. The molecule has 0 heterocycles. The summed E-state index contributed by atoms with van der Waals surface area (Å²) in [5.74, 6) is -7.19. The molecule has 0 unspecified atom stereocenters. The van der Waals surface area contributed by atoms with Crippen molar-refractivity contribution in [2.75, 3.05) is 19.6 Å². The van der Waals surface area contributed by atoms with Gasteiger partial charge in [-0.1, -0.05) is 139 Å². The van der Waals surface area contributed by atoms with Crippen LogP contribution in [0.3, 0.4) is 0 Å². The molecule has 470 valence electrons. The van der Waals surface area contributed by atoms with Crippen molar-refractivity contribution in [2.24, 2.45) is 40.7 Å². The van der Waals surface area contributed by atoms with Crippen LogP contribution in [0.5, 0.6) is 0 Å². The summed E-state index contributed by atoms with van der Waals surface area (Å²) >= 11 is 0. The number of carbonyl (C=O) groups is 9. The Morgan fingerprint density at radius 2 is 0.635 bits per heavy atom. The fourth-order valence-electron chi connectivity index (χ4n) is 9.55. The highest BCUT2D eigenvalue weighted by Crippen LogP contribution is 2.15. The highest BCUT2D eigenvalue weighted by Gasteiger charge is 2.36. The highest BCUT2D eigenvalue weighted by molar-refractivity contribution is 5.98. The van der Waals surface area contributed by atoms with E-state index >= 15 is 0 Å². The van der Waals surface area contributed by atoms with Gasteiger partial charge in [0.25, 0.3) is 0 Å². The lowest BCUT2D eigenvalue weighted by molar-refractivity contribution is -0.142. The van der Waals surface area contributed by atoms with Crippen LogP contribution < -0.4 is 65.5 Å². The van der Waals surface area contributed by atoms with E-state index < -0.39 is 108 Å². The Balaban J connectivity index is 1.96. The first-order valence-electron chi connectivity index (χ1n) is 30.2. The molecule has 22 nitrogen and oxygen atoms in total. The summed E-state index contributed by atoms with van der Waals surface area (Å²) < 4.78 is 0. The fourth-order valence-corrected chi connectivity index (χ4v) is 9.55. The van der Waals surface area contributed by atoms with Crippen LogP contribution in [0.1, 0.15) is 135 Å². The van der Waals surface area contributed by atoms with Crippen LogP contribution in [0, 0.1) is 17.8 Å². The largest absolute Gasteiger partial charge is 0.480 e. The Kier molecular flexibility index (Phi) is 33.3. The predicted molar refractivity (Wildman–Crippen MR) is 329 cm³/mol. The molecule has 0 spiro atoms. The Morgan fingerprint density at radius 3 is 0.929 bits per heavy atom. The summed E-state index contributed by atoms with van der Waals surface area (Å²) in [5, 5.41) is 32.5. The second-order valence-corrected chi connectivity index (χ2v) is 22.9. The molecule has 0 saturated carbocycles. The zero-order valence-electron chi connectivity index (χ0n) is 50.7. The molecule has 0 aliphatic carbocycles. The molecule has 17 N–H and O–H groups in total. The van der Waals surface area contributed by atoms with E-state index in [-0.39, 0.29) is 75.7 Å². The highest BCUT2D eigenvalue weighted by atomic mass is 16.4. The summed E-state index contributed by atoms with van der Waals surface area (Å²) in [6, 6.07) is 16.0. The van der Waals surface area contributed by atoms with Crippen molar-refractivity contribution in [3.8, 4) is 0 Å². The standard InChI is InChI=1S/C63H98N12O10/c1-7-42(6)54(67)62(83)70-48(31-19-22-34-66)56(77)74-52(38-44-25-13-9-14-26-44)61(82)71-49(35-40(2)3)58(79)68-46(29-17-20-32-64)55(76)73-51(37-43-23-11-8-12-24-43)60(81)72-50(36-41(4)5)59(80)69-47(30-18-21-33-65)57(78)75-53(63(84)85)39-45-27-15-10-16-28-45/h8-16,23-28,40-42,46-54H,7,17-22,29-39,64-67H2,1-6H3,(H,68,79)(H,69,80)(H,70,83)(H,71,82)(H,72,81)(H,73,76)(H,74,77)(H,75,78)(H,84,85)/t42-,46-,47-,48-,49-,50-,51-,52-,53-,54-/m0/s1. The van der Waals surface area contributed by atoms with Crippen molar-refractivity contribution < 1.29 is 48.3 Å². The molecule has 0 aliphatic rings. The van der Waals surface area contributed by atoms with Crippen LogP contribution in [-0.2, 0) is 62.4 Å². The second-order valence-electron chi connectivity index (χ2n) is 22.9. The molecule has 22 heteroatoms. The average molecular weight is 1180 g/mol. The Labute approximate surface area is 502 Å². The van der Waals surface area contributed by atoms with Crippen molar-refractivity contribution in [1.29, 1.82) is 0 Å². The number of amides is 8. The topological polar surface area (TPSA) is 374 Å². The van der Waals surface area contributed by atoms with Crippen LogP contribution in [0.2, 0.25) is 0 Å². The smallest absolute Gasteiger partial charge is 0.326 e. The van der Waals surface area contributed by atoms with Gasteiger partial charge in [0.15, 0.2) is 0 Å². The minimum absolute atomic E-state index is 0.00819. The number of benzene rings is 3. The van der Waals surface area contributed by atoms with Gasteiger partial charge < -0.3 is 70.6 Å². The predicted octanol–water partition coefficient (Wildman–Crippen LogP) is 2.53. The third kappa shape index (κ3) is 27.1. The van der Waals surface area contributed by atoms with Gasteiger partial charge in [-0.25, -0.2) is 4.79 Å². The Bertz CT molecular complexity index is 2530. The maximum absolute atomic E-state index is 14.7. The lowest BCUT2D eigenvalue weighted by Crippen LogP contribution is -2.61. The molecule has 10 atom stereocenters. The first-order valence-corrected chi connectivity index (χ1v) is 30.2. The Hall–Kier alpha value is -7.27. The number of hydrogen-bond acceptors (Lipinski definition) is 13. The van der Waals surface area contributed by atoms with Gasteiger partial charge in [0.2, 0.25) is 47.3 Å². The van der Waals surface area contributed by atoms with Gasteiger partial charge >= 0.3 is 5.97 Å². The molecule has 0 aromatic heterocycles. The minimum Gasteiger partial charge on any atom is -0.480 e. The third-order valence-corrected chi connectivity index (χ3v) is 14.7. The van der Waals surface area contributed by atoms with Gasteiger partial charge in [0.05, 0.1) is 6.04 Å². The van der Waals surface area contributed by atoms with E-state index in [1.807, 2.05) is 47.6 Å². The second kappa shape index (κ2) is 39.4. The van der Waals surface area contributed by atoms with Crippen LogP contribution in [0.25, 0.3) is 0 Å². The van der Waals surface area contributed by atoms with Gasteiger partial charge in [-0.05, 0) is 125 Å². The van der Waals surface area contributed by atoms with Crippen LogP contribution in [0.4, 0.5) is 0 Å². The molecule has 0 radical (unpaired) electrons. The number of hydrogen-bond donors (Lipinski definition) is 13. The van der Waals surface area contributed by atoms with E-state index in [2.05, 4.69) is 42.5 Å². The number of carboxylic acids is 1. The number of unbranched alkanes of at least 4 members (excludes halogenated alkanes) is 3. The van der Waals surface area contributed by atoms with E-state index in [4.69, 9.17) is 22.9 Å². The van der Waals surface area contributed by atoms with Crippen molar-refractivity contribution >= 4 is 53.2 Å². The lowest BCUT2D eigenvalue weighted by atomic mass is 9.98. The van der Waals surface area contributed by atoms with Gasteiger partial charge in [-0.15, -0.1) is 0 Å². The zero-order chi connectivity index (χ0) is 62.8. The van der Waals surface area contributed by atoms with Crippen molar-refractivity contribution in [2.45, 2.75) is 192 Å². The number of rotatable bonds is 41. The monoisotopic (exact) mass is 1180 g/mol. The number of aliphatic carboxylic acids is 1. The average Bonchev–Trinajstić information content (AvgIpc) is 3.51. The molecule has 3 aromatic rings. The van der Waals surface area contributed by atoms with Gasteiger partial charge in [0, 0.05) is 19.3 Å². The van der Waals surface area contributed by atoms with E-state index in [1.54, 1.807) is 84.9 Å². The number of nitrogens with one attached hydrogen (secondary N) is 8. The van der Waals surface area contributed by atoms with Gasteiger partial charge in [0.1, 0.15) is 48.3 Å². The van der Waals surface area contributed by atoms with E-state index in [0.29, 0.717) is 74.7 Å². The molecular formula is C63H98N12O10. The first kappa shape index (κ1) is 72.0. The molecule has 3 aromatic carbocycles. The SMILES string of the molecule is CC[C@H](C)[C@H](N)C(=O)N[C@@H](CCCCN)C(=O)N[C@@H](Cc1ccccc1)C(=O)N[C@@H](CC(C)C)C(=O)N[C@@H](CCCCN)C(=O)N[C@@H](Cc1ccccc1)C(=O)N[C@@H](CC(C)C)C(=O)N[C@@H](CCCCN)C(=O)N[C@@H](Cc1ccccc1)C(=O)O. The maximum atomic E-state index is 14.7. The molecule has 8 amide bonds. The first-order chi connectivity index (χ1) is 40.6. The summed E-state index contributed by atoms with van der Waals surface area (Å²) in [6.45, 7) is 12.1. The Morgan fingerprint density at radius 1 is 0.376 bits per heavy atom. The summed E-state index contributed by atoms with van der Waals surface area (Å²) in [5.41, 5.74) is 25.7. The minimum atomic E-state index is -1.31. The third-order valence-electron chi connectivity index (χ3n) is 14.7. The quantitative estimate of drug-likeness (QED) is 0.0363. The molecule has 0 aliphatic heterocycles. The summed E-state index contributed by atoms with van der Waals surface area (Å²) in [7, 11) is 0. The number of nitrogens with two attached hydrogens (primary N) is 4. The van der Waals surface area contributed by atoms with E-state index in [0.717, 1.165) is 0 Å². The fraction of sp³-hybridized carbons (Fsp3) is 0.571. The molecule has 85 heavy (non-hydrogen) atoms. The van der Waals surface area contributed by atoms with E-state index in [1.165, 1.54) is 0 Å². The summed E-state index contributed by atoms with van der Waals surface area (Å²) in [4.78, 5) is 127. The molecule has 0 fully saturated rings. The lowest BCUT2D eigenvalue weighted by Gasteiger charge is -2.29. The molecule has 0 saturated heterocycles. The molecule has 0 bridgehead atoms. The maximum Gasteiger partial charge on any atom is 0.326 e. The summed E-state index contributed by atoms with van der Waals surface area (Å²) in [6.07, 6.45) is 4.16. The van der Waals surface area contributed by atoms with Gasteiger partial charge in [-0.2, -0.15) is 0 Å². The number of carbonyl (C=O) groups excluding carboxylic acids is 8. The molecule has 3 rings (SSSR count). The van der Waals surface area contributed by atoms with Crippen LogP contribution in [0.15, 0.2) is 91.0 Å². The van der Waals surface area contributed by atoms with E-state index in [9.17, 15) is 48.3 Å². The zero-order valence-corrected chi connectivity index (χ0v) is 50.7. The van der Waals surface area contributed by atoms with Gasteiger partial charge in [-0.3, -0.25) is 38.4 Å². The van der Waals surface area contributed by atoms with Crippen molar-refractivity contribution in [3.63, 3.8) is 0 Å². The van der Waals surface area contributed by atoms with Crippen LogP contribution in [-0.4, -0.2) is 132 Å². The van der Waals surface area contributed by atoms with Crippen molar-refractivity contribution in [3.05, 3.63) is 108 Å².